The van der Waals surface area contributed by atoms with Crippen LogP contribution in [0.4, 0.5) is 5.13 Å². The minimum atomic E-state index is 0.0500. The first-order valence-corrected chi connectivity index (χ1v) is 5.52. The first kappa shape index (κ1) is 9.54. The average Bonchev–Trinajstić information content (AvgIpc) is 2.72. The van der Waals surface area contributed by atoms with Crippen molar-refractivity contribution in [1.29, 1.82) is 0 Å². The number of piperidine rings is 1. The van der Waals surface area contributed by atoms with E-state index in [9.17, 15) is 4.79 Å². The summed E-state index contributed by atoms with van der Waals surface area (Å²) in [7, 11) is 0. The summed E-state index contributed by atoms with van der Waals surface area (Å²) in [5, 5.41) is 14.0. The molecule has 1 fully saturated rings. The van der Waals surface area contributed by atoms with Crippen molar-refractivity contribution in [2.75, 3.05) is 18.4 Å². The standard InChI is InChI=1S/C8H12N4OS/c13-7(6-2-1-3-9-4-6)11-8-12-10-5-14-8/h5-6,9H,1-4H2,(H,11,12,13)/t6-/m1/s1. The maximum Gasteiger partial charge on any atom is 0.230 e. The van der Waals surface area contributed by atoms with Gasteiger partial charge in [-0.15, -0.1) is 10.2 Å². The van der Waals surface area contributed by atoms with Crippen molar-refractivity contribution < 1.29 is 4.79 Å². The highest BCUT2D eigenvalue weighted by Gasteiger charge is 2.21. The lowest BCUT2D eigenvalue weighted by Gasteiger charge is -2.20. The molecule has 0 unspecified atom stereocenters. The van der Waals surface area contributed by atoms with Crippen LogP contribution in [0, 0.1) is 5.92 Å². The molecule has 1 aromatic heterocycles. The van der Waals surface area contributed by atoms with Crippen molar-refractivity contribution in [2.24, 2.45) is 5.92 Å². The van der Waals surface area contributed by atoms with Crippen molar-refractivity contribution in [3.63, 3.8) is 0 Å². The summed E-state index contributed by atoms with van der Waals surface area (Å²) in [5.74, 6) is 0.126. The maximum atomic E-state index is 11.7. The molecule has 0 aliphatic carbocycles. The van der Waals surface area contributed by atoms with Gasteiger partial charge in [-0.25, -0.2) is 0 Å². The van der Waals surface area contributed by atoms with E-state index >= 15 is 0 Å². The molecule has 2 rings (SSSR count). The molecule has 1 aromatic rings. The van der Waals surface area contributed by atoms with Crippen molar-refractivity contribution in [1.82, 2.24) is 15.5 Å². The Hall–Kier alpha value is -1.01. The number of hydrogen-bond acceptors (Lipinski definition) is 5. The molecule has 14 heavy (non-hydrogen) atoms. The molecule has 0 radical (unpaired) electrons. The summed E-state index contributed by atoms with van der Waals surface area (Å²) in [6.45, 7) is 1.78. The molecule has 1 saturated heterocycles. The van der Waals surface area contributed by atoms with E-state index in [1.54, 1.807) is 5.51 Å². The van der Waals surface area contributed by atoms with Crippen LogP contribution in [0.3, 0.4) is 0 Å². The molecule has 1 aliphatic heterocycles. The largest absolute Gasteiger partial charge is 0.316 e. The van der Waals surface area contributed by atoms with E-state index in [1.807, 2.05) is 0 Å². The summed E-state index contributed by atoms with van der Waals surface area (Å²) in [6.07, 6.45) is 2.02. The zero-order chi connectivity index (χ0) is 9.80. The Bertz CT molecular complexity index is 294. The SMILES string of the molecule is O=C(Nc1nncs1)[C@@H]1CCCNC1. The van der Waals surface area contributed by atoms with E-state index in [0.717, 1.165) is 25.9 Å². The first-order chi connectivity index (χ1) is 6.86. The van der Waals surface area contributed by atoms with Gasteiger partial charge in [-0.2, -0.15) is 0 Å². The molecule has 5 nitrogen and oxygen atoms in total. The molecule has 76 valence electrons. The van der Waals surface area contributed by atoms with Crippen molar-refractivity contribution >= 4 is 22.4 Å². The number of carbonyl (C=O) groups is 1. The number of rotatable bonds is 2. The van der Waals surface area contributed by atoms with Gasteiger partial charge in [0.25, 0.3) is 0 Å². The fourth-order valence-corrected chi connectivity index (χ4v) is 1.96. The van der Waals surface area contributed by atoms with Crippen molar-refractivity contribution in [3.8, 4) is 0 Å². The summed E-state index contributed by atoms with van der Waals surface area (Å²) < 4.78 is 0. The number of nitrogens with zero attached hydrogens (tertiary/aromatic N) is 2. The number of nitrogens with one attached hydrogen (secondary N) is 2. The van der Waals surface area contributed by atoms with Crippen LogP contribution in [0.15, 0.2) is 5.51 Å². The predicted molar refractivity (Wildman–Crippen MR) is 54.1 cm³/mol. The van der Waals surface area contributed by atoms with Crippen LogP contribution in [0.25, 0.3) is 0 Å². The second-order valence-electron chi connectivity index (χ2n) is 3.28. The van der Waals surface area contributed by atoms with Gasteiger partial charge in [0.15, 0.2) is 0 Å². The minimum absolute atomic E-state index is 0.0500. The van der Waals surface area contributed by atoms with Crippen molar-refractivity contribution in [2.45, 2.75) is 12.8 Å². The van der Waals surface area contributed by atoms with E-state index in [2.05, 4.69) is 20.8 Å². The van der Waals surface area contributed by atoms with Crippen LogP contribution in [0.5, 0.6) is 0 Å². The number of anilines is 1. The molecule has 0 bridgehead atoms. The molecular formula is C8H12N4OS. The van der Waals surface area contributed by atoms with Gasteiger partial charge >= 0.3 is 0 Å². The van der Waals surface area contributed by atoms with E-state index in [0.29, 0.717) is 5.13 Å². The summed E-state index contributed by atoms with van der Waals surface area (Å²) in [4.78, 5) is 11.7. The quantitative estimate of drug-likeness (QED) is 0.748. The summed E-state index contributed by atoms with van der Waals surface area (Å²) >= 11 is 1.34. The van der Waals surface area contributed by atoms with E-state index in [-0.39, 0.29) is 11.8 Å². The van der Waals surface area contributed by atoms with Gasteiger partial charge in [-0.1, -0.05) is 11.3 Å². The molecule has 0 spiro atoms. The Labute approximate surface area is 85.9 Å². The van der Waals surface area contributed by atoms with Gasteiger partial charge in [-0.05, 0) is 19.4 Å². The van der Waals surface area contributed by atoms with Gasteiger partial charge in [0.05, 0.1) is 5.92 Å². The Morgan fingerprint density at radius 1 is 1.71 bits per heavy atom. The molecule has 0 saturated carbocycles. The van der Waals surface area contributed by atoms with Crippen molar-refractivity contribution in [3.05, 3.63) is 5.51 Å². The lowest BCUT2D eigenvalue weighted by Crippen LogP contribution is -2.37. The van der Waals surface area contributed by atoms with Crippen LogP contribution < -0.4 is 10.6 Å². The first-order valence-electron chi connectivity index (χ1n) is 4.64. The maximum absolute atomic E-state index is 11.7. The summed E-state index contributed by atoms with van der Waals surface area (Å²) in [6, 6.07) is 0. The Morgan fingerprint density at radius 2 is 2.64 bits per heavy atom. The van der Waals surface area contributed by atoms with Gasteiger partial charge in [0.1, 0.15) is 5.51 Å². The highest BCUT2D eigenvalue weighted by molar-refractivity contribution is 7.13. The fourth-order valence-electron chi connectivity index (χ4n) is 1.51. The van der Waals surface area contributed by atoms with Gasteiger partial charge in [0, 0.05) is 6.54 Å². The molecule has 0 aromatic carbocycles. The fraction of sp³-hybridized carbons (Fsp3) is 0.625. The monoisotopic (exact) mass is 212 g/mol. The number of carbonyl (C=O) groups excluding carboxylic acids is 1. The number of amides is 1. The van der Waals surface area contributed by atoms with Gasteiger partial charge in [-0.3, -0.25) is 4.79 Å². The third-order valence-corrected chi connectivity index (χ3v) is 2.86. The predicted octanol–water partition coefficient (Wildman–Crippen LogP) is 0.476. The summed E-state index contributed by atoms with van der Waals surface area (Å²) in [5.41, 5.74) is 1.61. The topological polar surface area (TPSA) is 66.9 Å². The highest BCUT2D eigenvalue weighted by Crippen LogP contribution is 2.14. The lowest BCUT2D eigenvalue weighted by atomic mass is 9.99. The van der Waals surface area contributed by atoms with E-state index in [1.165, 1.54) is 11.3 Å². The second kappa shape index (κ2) is 4.47. The normalized spacial score (nSPS) is 21.9. The number of hydrogen-bond donors (Lipinski definition) is 2. The lowest BCUT2D eigenvalue weighted by molar-refractivity contribution is -0.120. The minimum Gasteiger partial charge on any atom is -0.316 e. The third kappa shape index (κ3) is 2.27. The van der Waals surface area contributed by atoms with Crippen LogP contribution in [0.2, 0.25) is 0 Å². The molecule has 1 aliphatic rings. The Kier molecular flexibility index (Phi) is 3.05. The van der Waals surface area contributed by atoms with Crippen LogP contribution in [-0.2, 0) is 4.79 Å². The zero-order valence-electron chi connectivity index (χ0n) is 7.69. The third-order valence-electron chi connectivity index (χ3n) is 2.26. The molecule has 2 heterocycles. The molecule has 6 heteroatoms. The van der Waals surface area contributed by atoms with E-state index in [4.69, 9.17) is 0 Å². The molecule has 1 atom stereocenters. The zero-order valence-corrected chi connectivity index (χ0v) is 8.51. The smallest absolute Gasteiger partial charge is 0.230 e. The van der Waals surface area contributed by atoms with Gasteiger partial charge in [0.2, 0.25) is 11.0 Å². The number of aromatic nitrogens is 2. The Balaban J connectivity index is 1.88. The molecular weight excluding hydrogens is 200 g/mol. The average molecular weight is 212 g/mol. The Morgan fingerprint density at radius 3 is 3.29 bits per heavy atom. The second-order valence-corrected chi connectivity index (χ2v) is 4.11. The molecule has 1 amide bonds. The van der Waals surface area contributed by atoms with Crippen LogP contribution in [0.1, 0.15) is 12.8 Å². The van der Waals surface area contributed by atoms with E-state index < -0.39 is 0 Å². The van der Waals surface area contributed by atoms with Gasteiger partial charge < -0.3 is 10.6 Å². The molecule has 2 N–H and O–H groups in total. The highest BCUT2D eigenvalue weighted by atomic mass is 32.1. The van der Waals surface area contributed by atoms with Crippen LogP contribution >= 0.6 is 11.3 Å². The van der Waals surface area contributed by atoms with Crippen LogP contribution in [-0.4, -0.2) is 29.2 Å².